The largest absolute Gasteiger partial charge is 0.383 e. The molecule has 0 radical (unpaired) electrons. The van der Waals surface area contributed by atoms with Crippen LogP contribution in [0.25, 0.3) is 11.3 Å². The molecular formula is C19H26N2O2. The molecule has 1 aromatic heterocycles. The zero-order valence-corrected chi connectivity index (χ0v) is 14.5. The Bertz CT molecular complexity index is 642. The summed E-state index contributed by atoms with van der Waals surface area (Å²) in [5.74, 6) is 0.289. The summed E-state index contributed by atoms with van der Waals surface area (Å²) in [4.78, 5) is 12.3. The summed E-state index contributed by atoms with van der Waals surface area (Å²) < 4.78 is 6.93. The molecule has 2 rings (SSSR count). The maximum absolute atomic E-state index is 12.3. The molecule has 0 unspecified atom stereocenters. The molecule has 0 amide bonds. The van der Waals surface area contributed by atoms with Crippen molar-refractivity contribution in [2.24, 2.45) is 5.41 Å². The smallest absolute Gasteiger partial charge is 0.142 e. The Morgan fingerprint density at radius 3 is 2.52 bits per heavy atom. The number of aromatic nitrogens is 2. The van der Waals surface area contributed by atoms with Gasteiger partial charge in [-0.15, -0.1) is 0 Å². The van der Waals surface area contributed by atoms with Crippen LogP contribution < -0.4 is 0 Å². The number of ketones is 1. The van der Waals surface area contributed by atoms with Crippen molar-refractivity contribution in [1.82, 2.24) is 9.78 Å². The van der Waals surface area contributed by atoms with Crippen molar-refractivity contribution >= 4 is 5.78 Å². The van der Waals surface area contributed by atoms with Gasteiger partial charge in [0.15, 0.2) is 0 Å². The van der Waals surface area contributed by atoms with Gasteiger partial charge in [0.25, 0.3) is 0 Å². The van der Waals surface area contributed by atoms with Gasteiger partial charge in [0.1, 0.15) is 5.78 Å². The number of ether oxygens (including phenoxy) is 1. The number of Topliss-reactive ketones (excluding diaryl/α,β-unsaturated/α-hetero) is 1. The Labute approximate surface area is 138 Å². The minimum Gasteiger partial charge on any atom is -0.383 e. The highest BCUT2D eigenvalue weighted by Gasteiger charge is 2.24. The molecule has 2 aromatic rings. The van der Waals surface area contributed by atoms with E-state index < -0.39 is 0 Å². The summed E-state index contributed by atoms with van der Waals surface area (Å²) in [6, 6.07) is 10.1. The highest BCUT2D eigenvalue weighted by atomic mass is 16.5. The molecule has 0 atom stereocenters. The molecule has 0 aliphatic rings. The molecule has 0 N–H and O–H groups in total. The van der Waals surface area contributed by atoms with E-state index >= 15 is 0 Å². The van der Waals surface area contributed by atoms with E-state index in [-0.39, 0.29) is 11.2 Å². The van der Waals surface area contributed by atoms with Crippen molar-refractivity contribution in [2.45, 2.75) is 40.2 Å². The fraction of sp³-hybridized carbons (Fsp3) is 0.474. The topological polar surface area (TPSA) is 44.1 Å². The van der Waals surface area contributed by atoms with Crippen molar-refractivity contribution in [3.63, 3.8) is 0 Å². The van der Waals surface area contributed by atoms with Crippen molar-refractivity contribution < 1.29 is 9.53 Å². The Hall–Kier alpha value is -1.94. The van der Waals surface area contributed by atoms with Crippen molar-refractivity contribution in [2.75, 3.05) is 13.7 Å². The lowest BCUT2D eigenvalue weighted by Crippen LogP contribution is -2.24. The van der Waals surface area contributed by atoms with Gasteiger partial charge in [-0.2, -0.15) is 5.10 Å². The molecule has 1 aromatic carbocycles. The average molecular weight is 314 g/mol. The van der Waals surface area contributed by atoms with Crippen LogP contribution in [0.1, 0.15) is 32.8 Å². The lowest BCUT2D eigenvalue weighted by atomic mass is 9.82. The molecule has 0 spiro atoms. The number of benzene rings is 1. The van der Waals surface area contributed by atoms with Crippen molar-refractivity contribution in [3.8, 4) is 11.3 Å². The van der Waals surface area contributed by atoms with Crippen LogP contribution in [-0.2, 0) is 22.5 Å². The van der Waals surface area contributed by atoms with E-state index in [0.717, 1.165) is 29.8 Å². The van der Waals surface area contributed by atoms with Gasteiger partial charge in [-0.3, -0.25) is 9.48 Å². The first-order valence-electron chi connectivity index (χ1n) is 8.11. The Morgan fingerprint density at radius 1 is 1.22 bits per heavy atom. The maximum Gasteiger partial charge on any atom is 0.142 e. The van der Waals surface area contributed by atoms with E-state index in [4.69, 9.17) is 4.74 Å². The van der Waals surface area contributed by atoms with Crippen LogP contribution in [0, 0.1) is 5.41 Å². The molecule has 0 bridgehead atoms. The fourth-order valence-corrected chi connectivity index (χ4v) is 2.24. The summed E-state index contributed by atoms with van der Waals surface area (Å²) >= 11 is 0. The Morgan fingerprint density at radius 2 is 1.91 bits per heavy atom. The first-order valence-corrected chi connectivity index (χ1v) is 8.11. The molecule has 4 nitrogen and oxygen atoms in total. The number of nitrogens with zero attached hydrogens (tertiary/aromatic N) is 2. The van der Waals surface area contributed by atoms with Gasteiger partial charge in [-0.05, 0) is 18.1 Å². The number of rotatable bonds is 8. The number of hydrogen-bond donors (Lipinski definition) is 0. The third-order valence-corrected chi connectivity index (χ3v) is 4.42. The summed E-state index contributed by atoms with van der Waals surface area (Å²) in [7, 11) is 1.68. The van der Waals surface area contributed by atoms with E-state index in [1.54, 1.807) is 7.11 Å². The normalized spacial score (nSPS) is 11.7. The number of carbonyl (C=O) groups is 1. The van der Waals surface area contributed by atoms with Gasteiger partial charge < -0.3 is 4.74 Å². The van der Waals surface area contributed by atoms with Gasteiger partial charge in [0.05, 0.1) is 18.8 Å². The van der Waals surface area contributed by atoms with Crippen LogP contribution >= 0.6 is 0 Å². The molecular weight excluding hydrogens is 288 g/mol. The predicted molar refractivity (Wildman–Crippen MR) is 92.3 cm³/mol. The minimum absolute atomic E-state index is 0.251. The quantitative estimate of drug-likeness (QED) is 0.745. The summed E-state index contributed by atoms with van der Waals surface area (Å²) in [5, 5.41) is 4.53. The standard InChI is InChI=1S/C19H26N2O2/c1-5-19(2,3)18(22)14-15-6-8-16(9-7-15)17-10-11-21(20-17)12-13-23-4/h6-11H,5,12-14H2,1-4H3. The lowest BCUT2D eigenvalue weighted by Gasteiger charge is -2.20. The van der Waals surface area contributed by atoms with Gasteiger partial charge in [0.2, 0.25) is 0 Å². The number of hydrogen-bond acceptors (Lipinski definition) is 3. The molecule has 23 heavy (non-hydrogen) atoms. The SMILES string of the molecule is CCC(C)(C)C(=O)Cc1ccc(-c2ccn(CCOC)n2)cc1. The van der Waals surface area contributed by atoms with E-state index in [2.05, 4.69) is 12.0 Å². The third kappa shape index (κ3) is 4.52. The lowest BCUT2D eigenvalue weighted by molar-refractivity contribution is -0.126. The van der Waals surface area contributed by atoms with E-state index in [9.17, 15) is 4.79 Å². The van der Waals surface area contributed by atoms with E-state index in [1.165, 1.54) is 0 Å². The van der Waals surface area contributed by atoms with Crippen LogP contribution in [-0.4, -0.2) is 29.3 Å². The van der Waals surface area contributed by atoms with E-state index in [1.807, 2.05) is 55.1 Å². The Balaban J connectivity index is 2.04. The number of methoxy groups -OCH3 is 1. The average Bonchev–Trinajstić information content (AvgIpc) is 3.02. The van der Waals surface area contributed by atoms with Crippen molar-refractivity contribution in [1.29, 1.82) is 0 Å². The molecule has 0 saturated heterocycles. The van der Waals surface area contributed by atoms with Gasteiger partial charge in [0, 0.05) is 30.7 Å². The summed E-state index contributed by atoms with van der Waals surface area (Å²) in [6.07, 6.45) is 3.31. The fourth-order valence-electron chi connectivity index (χ4n) is 2.24. The summed E-state index contributed by atoms with van der Waals surface area (Å²) in [5.41, 5.74) is 2.80. The molecule has 1 heterocycles. The molecule has 0 aliphatic heterocycles. The zero-order chi connectivity index (χ0) is 16.9. The van der Waals surface area contributed by atoms with Crippen LogP contribution in [0.5, 0.6) is 0 Å². The van der Waals surface area contributed by atoms with Gasteiger partial charge in [-0.1, -0.05) is 45.0 Å². The van der Waals surface area contributed by atoms with Gasteiger partial charge >= 0.3 is 0 Å². The zero-order valence-electron chi connectivity index (χ0n) is 14.5. The maximum atomic E-state index is 12.3. The highest BCUT2D eigenvalue weighted by Crippen LogP contribution is 2.24. The summed E-state index contributed by atoms with van der Waals surface area (Å²) in [6.45, 7) is 7.47. The monoisotopic (exact) mass is 314 g/mol. The molecule has 0 saturated carbocycles. The second-order valence-corrected chi connectivity index (χ2v) is 6.49. The minimum atomic E-state index is -0.251. The van der Waals surface area contributed by atoms with Crippen LogP contribution in [0.15, 0.2) is 36.5 Å². The van der Waals surface area contributed by atoms with Gasteiger partial charge in [-0.25, -0.2) is 0 Å². The van der Waals surface area contributed by atoms with Crippen LogP contribution in [0.3, 0.4) is 0 Å². The highest BCUT2D eigenvalue weighted by molar-refractivity contribution is 5.86. The molecule has 0 fully saturated rings. The first-order chi connectivity index (χ1) is 11.0. The van der Waals surface area contributed by atoms with Crippen LogP contribution in [0.4, 0.5) is 0 Å². The second kappa shape index (κ2) is 7.55. The number of carbonyl (C=O) groups excluding carboxylic acids is 1. The predicted octanol–water partition coefficient (Wildman–Crippen LogP) is 3.74. The van der Waals surface area contributed by atoms with E-state index in [0.29, 0.717) is 13.0 Å². The Kier molecular flexibility index (Phi) is 5.72. The third-order valence-electron chi connectivity index (χ3n) is 4.42. The van der Waals surface area contributed by atoms with Crippen molar-refractivity contribution in [3.05, 3.63) is 42.1 Å². The second-order valence-electron chi connectivity index (χ2n) is 6.49. The molecule has 0 aliphatic carbocycles. The molecule has 124 valence electrons. The first kappa shape index (κ1) is 17.4. The van der Waals surface area contributed by atoms with Crippen LogP contribution in [0.2, 0.25) is 0 Å². The molecule has 4 heteroatoms.